The Morgan fingerprint density at radius 2 is 1.85 bits per heavy atom. The van der Waals surface area contributed by atoms with Crippen molar-refractivity contribution in [1.82, 2.24) is 20.5 Å². The summed E-state index contributed by atoms with van der Waals surface area (Å²) in [5, 5.41) is 29.5. The molecule has 0 saturated carbocycles. The topological polar surface area (TPSA) is 137 Å². The highest BCUT2D eigenvalue weighted by Crippen LogP contribution is 2.06. The van der Waals surface area contributed by atoms with Gasteiger partial charge in [-0.2, -0.15) is 0 Å². The zero-order valence-electron chi connectivity index (χ0n) is 11.3. The average molecular weight is 283 g/mol. The van der Waals surface area contributed by atoms with Gasteiger partial charge in [0.1, 0.15) is 0 Å². The molecule has 1 aromatic rings. The highest BCUT2D eigenvalue weighted by Gasteiger charge is 2.19. The molecule has 9 nitrogen and oxygen atoms in total. The number of hydrogen-bond donors (Lipinski definition) is 4. The van der Waals surface area contributed by atoms with Gasteiger partial charge in [0.25, 0.3) is 5.95 Å². The van der Waals surface area contributed by atoms with Crippen LogP contribution in [0.25, 0.3) is 0 Å². The van der Waals surface area contributed by atoms with Crippen LogP contribution in [-0.4, -0.2) is 50.0 Å². The van der Waals surface area contributed by atoms with Gasteiger partial charge in [-0.3, -0.25) is 5.32 Å². The van der Waals surface area contributed by atoms with Crippen molar-refractivity contribution in [2.45, 2.75) is 32.7 Å². The number of aliphatic hydroxyl groups is 1. The van der Waals surface area contributed by atoms with E-state index in [1.807, 2.05) is 13.8 Å². The van der Waals surface area contributed by atoms with E-state index in [1.165, 1.54) is 0 Å². The molecule has 0 fully saturated rings. The number of carboxylic acids is 1. The number of anilines is 1. The highest BCUT2D eigenvalue weighted by atomic mass is 16.4. The number of hydrogen-bond acceptors (Lipinski definition) is 6. The van der Waals surface area contributed by atoms with Gasteiger partial charge in [-0.1, -0.05) is 13.8 Å². The van der Waals surface area contributed by atoms with Crippen molar-refractivity contribution in [3.63, 3.8) is 0 Å². The predicted molar refractivity (Wildman–Crippen MR) is 69.2 cm³/mol. The summed E-state index contributed by atoms with van der Waals surface area (Å²) in [6.07, 6.45) is 1.32. The lowest BCUT2D eigenvalue weighted by Gasteiger charge is -2.12. The molecule has 0 spiro atoms. The molecule has 20 heavy (non-hydrogen) atoms. The number of aromatic nitrogens is 3. The van der Waals surface area contributed by atoms with E-state index in [2.05, 4.69) is 25.8 Å². The standard InChI is InChI=1S/C11H17N5O4/c1-3-6-7(4-2)15-16-10(12-6)14-11(20)13-8(5-17)9(18)19/h8,17H,3-5H2,1-2H3,(H,18,19)(H2,12,13,14,16,20)/t8-/m1/s1. The average Bonchev–Trinajstić information content (AvgIpc) is 2.44. The van der Waals surface area contributed by atoms with Crippen LogP contribution in [-0.2, 0) is 17.6 Å². The lowest BCUT2D eigenvalue weighted by molar-refractivity contribution is -0.140. The molecule has 0 aromatic carbocycles. The number of carbonyl (C=O) groups excluding carboxylic acids is 1. The monoisotopic (exact) mass is 283 g/mol. The van der Waals surface area contributed by atoms with Gasteiger partial charge in [0.15, 0.2) is 6.04 Å². The number of carbonyl (C=O) groups is 2. The van der Waals surface area contributed by atoms with Crippen molar-refractivity contribution in [2.24, 2.45) is 0 Å². The minimum absolute atomic E-state index is 0.0152. The number of urea groups is 1. The first kappa shape index (κ1) is 15.8. The molecule has 1 atom stereocenters. The molecular weight excluding hydrogens is 266 g/mol. The van der Waals surface area contributed by atoms with Crippen LogP contribution >= 0.6 is 0 Å². The molecule has 0 aliphatic rings. The molecule has 110 valence electrons. The van der Waals surface area contributed by atoms with Gasteiger partial charge in [-0.05, 0) is 12.8 Å². The van der Waals surface area contributed by atoms with E-state index in [1.54, 1.807) is 0 Å². The second-order valence-corrected chi connectivity index (χ2v) is 3.91. The van der Waals surface area contributed by atoms with Crippen LogP contribution in [0.3, 0.4) is 0 Å². The van der Waals surface area contributed by atoms with E-state index in [9.17, 15) is 9.59 Å². The number of amides is 2. The van der Waals surface area contributed by atoms with Crippen molar-refractivity contribution >= 4 is 17.9 Å². The Morgan fingerprint density at radius 1 is 1.20 bits per heavy atom. The Labute approximate surface area is 115 Å². The molecule has 0 aliphatic carbocycles. The molecule has 1 rings (SSSR count). The summed E-state index contributed by atoms with van der Waals surface area (Å²) >= 11 is 0. The van der Waals surface area contributed by atoms with Crippen molar-refractivity contribution in [2.75, 3.05) is 11.9 Å². The van der Waals surface area contributed by atoms with Crippen LogP contribution in [0.1, 0.15) is 25.2 Å². The smallest absolute Gasteiger partial charge is 0.328 e. The van der Waals surface area contributed by atoms with E-state index in [4.69, 9.17) is 10.2 Å². The van der Waals surface area contributed by atoms with E-state index in [0.29, 0.717) is 12.8 Å². The SMILES string of the molecule is CCc1nnc(NC(=O)N[C@H](CO)C(=O)O)nc1CC. The Morgan fingerprint density at radius 3 is 2.35 bits per heavy atom. The first-order chi connectivity index (χ1) is 9.51. The summed E-state index contributed by atoms with van der Waals surface area (Å²) in [7, 11) is 0. The zero-order chi connectivity index (χ0) is 15.1. The van der Waals surface area contributed by atoms with Gasteiger partial charge < -0.3 is 15.5 Å². The van der Waals surface area contributed by atoms with E-state index in [0.717, 1.165) is 11.4 Å². The number of carboxylic acid groups (broad SMARTS) is 1. The number of rotatable bonds is 6. The summed E-state index contributed by atoms with van der Waals surface area (Å²) in [5.41, 5.74) is 1.46. The third-order valence-electron chi connectivity index (χ3n) is 2.52. The van der Waals surface area contributed by atoms with Crippen LogP contribution < -0.4 is 10.6 Å². The molecule has 0 bridgehead atoms. The summed E-state index contributed by atoms with van der Waals surface area (Å²) in [6, 6.07) is -2.21. The van der Waals surface area contributed by atoms with Gasteiger partial charge in [0.2, 0.25) is 0 Å². The fraction of sp³-hybridized carbons (Fsp3) is 0.545. The first-order valence-corrected chi connectivity index (χ1v) is 6.15. The lowest BCUT2D eigenvalue weighted by atomic mass is 10.2. The van der Waals surface area contributed by atoms with Crippen molar-refractivity contribution in [3.05, 3.63) is 11.4 Å². The van der Waals surface area contributed by atoms with Crippen LogP contribution in [0, 0.1) is 0 Å². The Kier molecular flexibility index (Phi) is 5.78. The molecule has 0 radical (unpaired) electrons. The van der Waals surface area contributed by atoms with Crippen molar-refractivity contribution < 1.29 is 19.8 Å². The van der Waals surface area contributed by atoms with Crippen molar-refractivity contribution in [3.8, 4) is 0 Å². The van der Waals surface area contributed by atoms with Crippen molar-refractivity contribution in [1.29, 1.82) is 0 Å². The maximum Gasteiger partial charge on any atom is 0.328 e. The minimum atomic E-state index is -1.39. The number of aryl methyl sites for hydroxylation is 2. The second kappa shape index (κ2) is 7.34. The van der Waals surface area contributed by atoms with Crippen LogP contribution in [0.2, 0.25) is 0 Å². The molecule has 1 aromatic heterocycles. The Hall–Kier alpha value is -2.29. The lowest BCUT2D eigenvalue weighted by Crippen LogP contribution is -2.45. The number of aliphatic carboxylic acids is 1. The maximum atomic E-state index is 11.5. The van der Waals surface area contributed by atoms with Gasteiger partial charge in [-0.15, -0.1) is 10.2 Å². The van der Waals surface area contributed by atoms with Gasteiger partial charge >= 0.3 is 12.0 Å². The molecule has 0 unspecified atom stereocenters. The number of nitrogens with zero attached hydrogens (tertiary/aromatic N) is 3. The largest absolute Gasteiger partial charge is 0.480 e. The van der Waals surface area contributed by atoms with Gasteiger partial charge in [0.05, 0.1) is 18.0 Å². The molecule has 9 heteroatoms. The molecule has 1 heterocycles. The Balaban J connectivity index is 2.73. The summed E-state index contributed by atoms with van der Waals surface area (Å²) in [5.74, 6) is -1.35. The fourth-order valence-corrected chi connectivity index (χ4v) is 1.47. The first-order valence-electron chi connectivity index (χ1n) is 6.15. The molecule has 2 amide bonds. The van der Waals surface area contributed by atoms with Gasteiger partial charge in [-0.25, -0.2) is 14.6 Å². The summed E-state index contributed by atoms with van der Waals surface area (Å²) < 4.78 is 0. The third-order valence-corrected chi connectivity index (χ3v) is 2.52. The summed E-state index contributed by atoms with van der Waals surface area (Å²) in [6.45, 7) is 3.11. The predicted octanol–water partition coefficient (Wildman–Crippen LogP) is -0.437. The van der Waals surface area contributed by atoms with Gasteiger partial charge in [0, 0.05) is 0 Å². The van der Waals surface area contributed by atoms with E-state index in [-0.39, 0.29) is 5.95 Å². The zero-order valence-corrected chi connectivity index (χ0v) is 11.3. The van der Waals surface area contributed by atoms with Crippen LogP contribution in [0.15, 0.2) is 0 Å². The molecule has 4 N–H and O–H groups in total. The molecule has 0 aliphatic heterocycles. The third kappa shape index (κ3) is 4.12. The number of nitrogens with one attached hydrogen (secondary N) is 2. The van der Waals surface area contributed by atoms with Crippen LogP contribution in [0.5, 0.6) is 0 Å². The quantitative estimate of drug-likeness (QED) is 0.555. The Bertz CT molecular complexity index is 494. The van der Waals surface area contributed by atoms with Crippen LogP contribution in [0.4, 0.5) is 10.7 Å². The molecular formula is C11H17N5O4. The van der Waals surface area contributed by atoms with E-state index < -0.39 is 24.6 Å². The minimum Gasteiger partial charge on any atom is -0.480 e. The normalized spacial score (nSPS) is 11.8. The summed E-state index contributed by atoms with van der Waals surface area (Å²) in [4.78, 5) is 26.3. The fourth-order valence-electron chi connectivity index (χ4n) is 1.47. The molecule has 0 saturated heterocycles. The maximum absolute atomic E-state index is 11.5. The highest BCUT2D eigenvalue weighted by molar-refractivity contribution is 5.90. The second-order valence-electron chi connectivity index (χ2n) is 3.91. The van der Waals surface area contributed by atoms with E-state index >= 15 is 0 Å². The number of aliphatic hydroxyl groups excluding tert-OH is 1.